The molecule has 2 aromatic carbocycles. The highest BCUT2D eigenvalue weighted by Gasteiger charge is 2.14. The van der Waals surface area contributed by atoms with Crippen LogP contribution in [0.1, 0.15) is 9.67 Å². The predicted molar refractivity (Wildman–Crippen MR) is 92.4 cm³/mol. The lowest BCUT2D eigenvalue weighted by molar-refractivity contribution is 0.101. The smallest absolute Gasteiger partial charge is 0.290 e. The lowest BCUT2D eigenvalue weighted by atomic mass is 10.0. The zero-order valence-corrected chi connectivity index (χ0v) is 13.3. The Kier molecular flexibility index (Phi) is 4.02. The van der Waals surface area contributed by atoms with Crippen LogP contribution < -0.4 is 11.5 Å². The number of aliphatic imine (C=N–C) groups is 1. The van der Waals surface area contributed by atoms with Gasteiger partial charge in [-0.25, -0.2) is 4.39 Å². The van der Waals surface area contributed by atoms with Crippen molar-refractivity contribution in [3.8, 4) is 11.1 Å². The lowest BCUT2D eigenvalue weighted by Gasteiger charge is -2.06. The van der Waals surface area contributed by atoms with E-state index in [1.165, 1.54) is 29.5 Å². The van der Waals surface area contributed by atoms with Crippen LogP contribution >= 0.6 is 22.9 Å². The van der Waals surface area contributed by atoms with Gasteiger partial charge in [-0.1, -0.05) is 23.7 Å². The third-order valence-electron chi connectivity index (χ3n) is 3.22. The second-order valence-corrected chi connectivity index (χ2v) is 6.29. The Labute approximate surface area is 140 Å². The van der Waals surface area contributed by atoms with Crippen LogP contribution in [0.25, 0.3) is 21.2 Å². The number of guanidine groups is 1. The number of amides is 1. The van der Waals surface area contributed by atoms with E-state index in [2.05, 4.69) is 4.99 Å². The average Bonchev–Trinajstić information content (AvgIpc) is 2.93. The van der Waals surface area contributed by atoms with Gasteiger partial charge >= 0.3 is 0 Å². The van der Waals surface area contributed by atoms with Gasteiger partial charge in [-0.15, -0.1) is 11.3 Å². The Morgan fingerprint density at radius 2 is 1.91 bits per heavy atom. The van der Waals surface area contributed by atoms with Gasteiger partial charge in [0.05, 0.1) is 4.88 Å². The minimum Gasteiger partial charge on any atom is -0.370 e. The molecule has 0 fully saturated rings. The Morgan fingerprint density at radius 3 is 2.65 bits per heavy atom. The average molecular weight is 348 g/mol. The molecule has 0 aliphatic heterocycles. The summed E-state index contributed by atoms with van der Waals surface area (Å²) in [6.45, 7) is 0. The number of nitrogens with two attached hydrogens (primary N) is 2. The van der Waals surface area contributed by atoms with Crippen molar-refractivity contribution in [2.24, 2.45) is 16.5 Å². The van der Waals surface area contributed by atoms with Gasteiger partial charge in [0.1, 0.15) is 5.82 Å². The van der Waals surface area contributed by atoms with Crippen LogP contribution in [-0.2, 0) is 0 Å². The fourth-order valence-corrected chi connectivity index (χ4v) is 3.47. The Hall–Kier alpha value is -2.44. The van der Waals surface area contributed by atoms with Crippen LogP contribution in [0.3, 0.4) is 0 Å². The Balaban J connectivity index is 2.20. The second kappa shape index (κ2) is 5.98. The molecule has 1 heterocycles. The quantitative estimate of drug-likeness (QED) is 0.547. The second-order valence-electron chi connectivity index (χ2n) is 4.79. The molecule has 0 saturated heterocycles. The summed E-state index contributed by atoms with van der Waals surface area (Å²) in [6, 6.07) is 11.4. The molecular weight excluding hydrogens is 337 g/mol. The molecule has 0 bridgehead atoms. The normalized spacial score (nSPS) is 10.7. The van der Waals surface area contributed by atoms with Gasteiger partial charge in [0.2, 0.25) is 0 Å². The zero-order chi connectivity index (χ0) is 16.6. The molecule has 4 N–H and O–H groups in total. The number of rotatable bonds is 2. The predicted octanol–water partition coefficient (Wildman–Crippen LogP) is 3.77. The van der Waals surface area contributed by atoms with E-state index < -0.39 is 5.91 Å². The zero-order valence-electron chi connectivity index (χ0n) is 11.7. The van der Waals surface area contributed by atoms with E-state index in [0.717, 1.165) is 15.6 Å². The van der Waals surface area contributed by atoms with Crippen LogP contribution in [0.2, 0.25) is 5.02 Å². The highest BCUT2D eigenvalue weighted by molar-refractivity contribution is 7.20. The number of thiophene rings is 1. The van der Waals surface area contributed by atoms with Gasteiger partial charge in [0, 0.05) is 20.7 Å². The molecule has 0 atom stereocenters. The van der Waals surface area contributed by atoms with Gasteiger partial charge in [-0.3, -0.25) is 4.79 Å². The molecule has 0 aliphatic rings. The van der Waals surface area contributed by atoms with Crippen LogP contribution in [0.4, 0.5) is 4.39 Å². The summed E-state index contributed by atoms with van der Waals surface area (Å²) in [4.78, 5) is 15.9. The molecule has 7 heteroatoms. The number of carbonyl (C=O) groups is 1. The summed E-state index contributed by atoms with van der Waals surface area (Å²) in [6.07, 6.45) is 0. The molecule has 0 spiro atoms. The van der Waals surface area contributed by atoms with Crippen molar-refractivity contribution in [2.75, 3.05) is 0 Å². The molecule has 1 aromatic heterocycles. The summed E-state index contributed by atoms with van der Waals surface area (Å²) < 4.78 is 14.4. The number of halogens is 2. The molecular formula is C16H11ClFN3OS. The minimum atomic E-state index is -0.512. The number of nitrogens with zero attached hydrogens (tertiary/aromatic N) is 1. The number of hydrogen-bond donors (Lipinski definition) is 2. The molecule has 116 valence electrons. The van der Waals surface area contributed by atoms with Crippen molar-refractivity contribution >= 4 is 44.9 Å². The largest absolute Gasteiger partial charge is 0.370 e. The van der Waals surface area contributed by atoms with E-state index in [0.29, 0.717) is 15.5 Å². The van der Waals surface area contributed by atoms with Gasteiger partial charge in [-0.05, 0) is 35.9 Å². The van der Waals surface area contributed by atoms with Crippen molar-refractivity contribution in [1.29, 1.82) is 0 Å². The van der Waals surface area contributed by atoms with Crippen molar-refractivity contribution < 1.29 is 9.18 Å². The Morgan fingerprint density at radius 1 is 1.13 bits per heavy atom. The summed E-state index contributed by atoms with van der Waals surface area (Å²) in [5, 5.41) is 1.22. The maximum Gasteiger partial charge on any atom is 0.290 e. The van der Waals surface area contributed by atoms with Gasteiger partial charge in [0.15, 0.2) is 5.96 Å². The molecule has 0 saturated carbocycles. The van der Waals surface area contributed by atoms with Crippen molar-refractivity contribution in [1.82, 2.24) is 0 Å². The first kappa shape index (κ1) is 15.5. The topological polar surface area (TPSA) is 81.5 Å². The molecule has 23 heavy (non-hydrogen) atoms. The molecule has 3 aromatic rings. The van der Waals surface area contributed by atoms with E-state index >= 15 is 0 Å². The van der Waals surface area contributed by atoms with Gasteiger partial charge in [-0.2, -0.15) is 4.99 Å². The Bertz CT molecular complexity index is 948. The summed E-state index contributed by atoms with van der Waals surface area (Å²) in [5.74, 6) is -1.18. The lowest BCUT2D eigenvalue weighted by Crippen LogP contribution is -2.24. The third kappa shape index (κ3) is 3.04. The molecule has 3 rings (SSSR count). The van der Waals surface area contributed by atoms with Crippen LogP contribution in [0.5, 0.6) is 0 Å². The van der Waals surface area contributed by atoms with E-state index in [1.807, 2.05) is 18.2 Å². The van der Waals surface area contributed by atoms with E-state index in [9.17, 15) is 9.18 Å². The molecule has 1 amide bonds. The first-order chi connectivity index (χ1) is 11.0. The molecule has 4 nitrogen and oxygen atoms in total. The third-order valence-corrected chi connectivity index (χ3v) is 4.64. The highest BCUT2D eigenvalue weighted by Crippen LogP contribution is 2.37. The number of hydrogen-bond acceptors (Lipinski definition) is 2. The number of carbonyl (C=O) groups excluding carboxylic acids is 1. The van der Waals surface area contributed by atoms with Crippen molar-refractivity contribution in [3.63, 3.8) is 0 Å². The summed E-state index contributed by atoms with van der Waals surface area (Å²) in [7, 11) is 0. The number of fused-ring (bicyclic) bond motifs is 1. The van der Waals surface area contributed by atoms with E-state index in [4.69, 9.17) is 23.1 Å². The molecule has 0 radical (unpaired) electrons. The van der Waals surface area contributed by atoms with Crippen LogP contribution in [0, 0.1) is 5.82 Å². The summed E-state index contributed by atoms with van der Waals surface area (Å²) in [5.41, 5.74) is 11.8. The molecule has 0 aliphatic carbocycles. The van der Waals surface area contributed by atoms with E-state index in [-0.39, 0.29) is 11.8 Å². The first-order valence-corrected chi connectivity index (χ1v) is 7.77. The standard InChI is InChI=1S/C16H11ClFN3OS/c17-12-5-4-8(18)6-10(12)9-2-1-3-13-11(9)7-14(23-13)15(22)21-16(19)20/h1-7H,(H4,19,20,21,22). The van der Waals surface area contributed by atoms with Crippen molar-refractivity contribution in [2.45, 2.75) is 0 Å². The van der Waals surface area contributed by atoms with Gasteiger partial charge in [0.25, 0.3) is 5.91 Å². The maximum atomic E-state index is 13.6. The fourth-order valence-electron chi connectivity index (χ4n) is 2.28. The monoisotopic (exact) mass is 347 g/mol. The fraction of sp³-hybridized carbons (Fsp3) is 0. The van der Waals surface area contributed by atoms with E-state index in [1.54, 1.807) is 6.07 Å². The molecule has 0 unspecified atom stereocenters. The van der Waals surface area contributed by atoms with Crippen LogP contribution in [-0.4, -0.2) is 11.9 Å². The highest BCUT2D eigenvalue weighted by atomic mass is 35.5. The first-order valence-electron chi connectivity index (χ1n) is 6.57. The summed E-state index contributed by atoms with van der Waals surface area (Å²) >= 11 is 7.45. The minimum absolute atomic E-state index is 0.291. The van der Waals surface area contributed by atoms with Crippen LogP contribution in [0.15, 0.2) is 47.5 Å². The van der Waals surface area contributed by atoms with Crippen molar-refractivity contribution in [3.05, 3.63) is 58.2 Å². The van der Waals surface area contributed by atoms with Gasteiger partial charge < -0.3 is 11.5 Å². The SMILES string of the molecule is NC(N)=NC(=O)c1cc2c(-c3cc(F)ccc3Cl)cccc2s1. The number of benzene rings is 2. The maximum absolute atomic E-state index is 13.6.